The fraction of sp³-hybridized carbons (Fsp3) is 0.333. The van der Waals surface area contributed by atoms with Crippen LogP contribution >= 0.6 is 0 Å². The number of aromatic amines is 1. The summed E-state index contributed by atoms with van der Waals surface area (Å²) in [6.07, 6.45) is -4.45. The first-order chi connectivity index (χ1) is 10.8. The van der Waals surface area contributed by atoms with Crippen LogP contribution in [-0.2, 0) is 12.7 Å². The maximum Gasteiger partial charge on any atom is 0.435 e. The quantitative estimate of drug-likeness (QED) is 0.791. The first-order valence-corrected chi connectivity index (χ1v) is 6.98. The molecule has 5 nitrogen and oxygen atoms in total. The molecule has 1 atom stereocenters. The van der Waals surface area contributed by atoms with Crippen LogP contribution in [0, 0.1) is 0 Å². The summed E-state index contributed by atoms with van der Waals surface area (Å²) in [5.74, 6) is -0.171. The van der Waals surface area contributed by atoms with Crippen molar-refractivity contribution < 1.29 is 18.0 Å². The molecule has 1 aromatic carbocycles. The normalized spacial score (nSPS) is 12.9. The van der Waals surface area contributed by atoms with E-state index >= 15 is 0 Å². The Hall–Kier alpha value is -2.35. The zero-order valence-electron chi connectivity index (χ0n) is 12.7. The topological polar surface area (TPSA) is 69.8 Å². The summed E-state index contributed by atoms with van der Waals surface area (Å²) in [7, 11) is 1.55. The Balaban J connectivity index is 1.95. The molecule has 0 radical (unpaired) electrons. The van der Waals surface area contributed by atoms with Crippen molar-refractivity contribution in [2.24, 2.45) is 0 Å². The highest BCUT2D eigenvalue weighted by atomic mass is 19.4. The van der Waals surface area contributed by atoms with Gasteiger partial charge in [0.25, 0.3) is 5.91 Å². The van der Waals surface area contributed by atoms with Gasteiger partial charge in [-0.25, -0.2) is 0 Å². The lowest BCUT2D eigenvalue weighted by Crippen LogP contribution is -2.19. The van der Waals surface area contributed by atoms with Gasteiger partial charge in [0.2, 0.25) is 0 Å². The van der Waals surface area contributed by atoms with E-state index in [-0.39, 0.29) is 11.9 Å². The summed E-state index contributed by atoms with van der Waals surface area (Å²) in [5.41, 5.74) is 0.892. The van der Waals surface area contributed by atoms with Crippen molar-refractivity contribution in [1.82, 2.24) is 20.8 Å². The molecular weight excluding hydrogens is 309 g/mol. The fourth-order valence-electron chi connectivity index (χ4n) is 2.00. The molecule has 0 aliphatic heterocycles. The van der Waals surface area contributed by atoms with E-state index in [2.05, 4.69) is 20.8 Å². The Kier molecular flexibility index (Phi) is 5.05. The minimum absolute atomic E-state index is 0.171. The van der Waals surface area contributed by atoms with Crippen LogP contribution in [0.2, 0.25) is 0 Å². The highest BCUT2D eigenvalue weighted by Crippen LogP contribution is 2.28. The lowest BCUT2D eigenvalue weighted by atomic mass is 10.1. The van der Waals surface area contributed by atoms with Crippen LogP contribution in [0.15, 0.2) is 30.3 Å². The van der Waals surface area contributed by atoms with Crippen LogP contribution < -0.4 is 10.6 Å². The molecule has 1 heterocycles. The molecule has 0 aliphatic carbocycles. The third-order valence-electron chi connectivity index (χ3n) is 3.41. The first kappa shape index (κ1) is 17.0. The number of hydrogen-bond acceptors (Lipinski definition) is 3. The van der Waals surface area contributed by atoms with Gasteiger partial charge in [-0.15, -0.1) is 0 Å². The minimum atomic E-state index is -4.45. The van der Waals surface area contributed by atoms with Crippen LogP contribution in [0.5, 0.6) is 0 Å². The van der Waals surface area contributed by atoms with Gasteiger partial charge in [0.15, 0.2) is 5.69 Å². The second-order valence-corrected chi connectivity index (χ2v) is 5.08. The van der Waals surface area contributed by atoms with Crippen molar-refractivity contribution in [2.45, 2.75) is 25.7 Å². The predicted octanol–water partition coefficient (Wildman–Crippen LogP) is 2.64. The zero-order valence-corrected chi connectivity index (χ0v) is 12.7. The van der Waals surface area contributed by atoms with E-state index in [1.54, 1.807) is 38.2 Å². The highest BCUT2D eigenvalue weighted by molar-refractivity contribution is 5.93. The highest BCUT2D eigenvalue weighted by Gasteiger charge is 2.34. The van der Waals surface area contributed by atoms with Crippen LogP contribution in [0.3, 0.4) is 0 Å². The van der Waals surface area contributed by atoms with Gasteiger partial charge in [0.05, 0.1) is 5.69 Å². The standard InChI is InChI=1S/C15H17F3N4O/c1-9(12-7-13(22-21-12)15(16,17)18)20-8-10-3-5-11(6-4-10)14(23)19-2/h3-7,9,20H,8H2,1-2H3,(H,19,23)(H,21,22). The van der Waals surface area contributed by atoms with Gasteiger partial charge >= 0.3 is 6.18 Å². The van der Waals surface area contributed by atoms with Gasteiger partial charge in [-0.3, -0.25) is 9.89 Å². The molecule has 124 valence electrons. The molecular formula is C15H17F3N4O. The SMILES string of the molecule is CNC(=O)c1ccc(CNC(C)c2cc(C(F)(F)F)n[nH]2)cc1. The Morgan fingerprint density at radius 1 is 1.30 bits per heavy atom. The van der Waals surface area contributed by atoms with Crippen molar-refractivity contribution in [3.63, 3.8) is 0 Å². The van der Waals surface area contributed by atoms with Crippen LogP contribution in [0.1, 0.15) is 40.3 Å². The number of carbonyl (C=O) groups excluding carboxylic acids is 1. The number of hydrogen-bond donors (Lipinski definition) is 3. The molecule has 1 unspecified atom stereocenters. The predicted molar refractivity (Wildman–Crippen MR) is 78.7 cm³/mol. The van der Waals surface area contributed by atoms with E-state index < -0.39 is 11.9 Å². The van der Waals surface area contributed by atoms with Crippen LogP contribution in [-0.4, -0.2) is 23.2 Å². The Morgan fingerprint density at radius 3 is 2.48 bits per heavy atom. The van der Waals surface area contributed by atoms with Crippen LogP contribution in [0.25, 0.3) is 0 Å². The third-order valence-corrected chi connectivity index (χ3v) is 3.41. The number of nitrogens with zero attached hydrogens (tertiary/aromatic N) is 1. The number of halogens is 3. The average Bonchev–Trinajstić information content (AvgIpc) is 3.02. The summed E-state index contributed by atoms with van der Waals surface area (Å²) in [6.45, 7) is 2.20. The molecule has 0 bridgehead atoms. The van der Waals surface area contributed by atoms with Crippen molar-refractivity contribution in [1.29, 1.82) is 0 Å². The number of rotatable bonds is 5. The molecule has 3 N–H and O–H groups in total. The molecule has 2 rings (SSSR count). The number of benzene rings is 1. The Morgan fingerprint density at radius 2 is 1.96 bits per heavy atom. The van der Waals surface area contributed by atoms with Crippen molar-refractivity contribution >= 4 is 5.91 Å². The zero-order chi connectivity index (χ0) is 17.0. The monoisotopic (exact) mass is 326 g/mol. The fourth-order valence-corrected chi connectivity index (χ4v) is 2.00. The molecule has 2 aromatic rings. The molecule has 23 heavy (non-hydrogen) atoms. The average molecular weight is 326 g/mol. The molecule has 8 heteroatoms. The number of aromatic nitrogens is 2. The van der Waals surface area contributed by atoms with E-state index in [4.69, 9.17) is 0 Å². The summed E-state index contributed by atoms with van der Waals surface area (Å²) in [4.78, 5) is 11.4. The van der Waals surface area contributed by atoms with E-state index in [9.17, 15) is 18.0 Å². The maximum atomic E-state index is 12.5. The Labute approximate surface area is 131 Å². The lowest BCUT2D eigenvalue weighted by Gasteiger charge is -2.12. The lowest BCUT2D eigenvalue weighted by molar-refractivity contribution is -0.141. The smallest absolute Gasteiger partial charge is 0.355 e. The van der Waals surface area contributed by atoms with Gasteiger partial charge in [0, 0.05) is 25.2 Å². The molecule has 0 aliphatic rings. The van der Waals surface area contributed by atoms with Gasteiger partial charge in [-0.2, -0.15) is 18.3 Å². The van der Waals surface area contributed by atoms with E-state index in [0.29, 0.717) is 17.8 Å². The number of H-pyrrole nitrogens is 1. The largest absolute Gasteiger partial charge is 0.435 e. The second-order valence-electron chi connectivity index (χ2n) is 5.08. The molecule has 1 aromatic heterocycles. The van der Waals surface area contributed by atoms with Gasteiger partial charge in [-0.05, 0) is 30.7 Å². The van der Waals surface area contributed by atoms with E-state index in [0.717, 1.165) is 11.6 Å². The molecule has 0 saturated carbocycles. The van der Waals surface area contributed by atoms with Gasteiger partial charge in [0.1, 0.15) is 0 Å². The second kappa shape index (κ2) is 6.82. The first-order valence-electron chi connectivity index (χ1n) is 6.98. The minimum Gasteiger partial charge on any atom is -0.355 e. The van der Waals surface area contributed by atoms with Crippen molar-refractivity contribution in [3.8, 4) is 0 Å². The number of nitrogens with one attached hydrogen (secondary N) is 3. The third kappa shape index (κ3) is 4.32. The molecule has 0 spiro atoms. The van der Waals surface area contributed by atoms with Gasteiger partial charge in [-0.1, -0.05) is 12.1 Å². The molecule has 1 amide bonds. The molecule has 0 saturated heterocycles. The maximum absolute atomic E-state index is 12.5. The number of alkyl halides is 3. The summed E-state index contributed by atoms with van der Waals surface area (Å²) >= 11 is 0. The number of amides is 1. The van der Waals surface area contributed by atoms with E-state index in [1.165, 1.54) is 0 Å². The van der Waals surface area contributed by atoms with Crippen molar-refractivity contribution in [2.75, 3.05) is 7.05 Å². The summed E-state index contributed by atoms with van der Waals surface area (Å²) < 4.78 is 37.5. The Bertz CT molecular complexity index is 664. The van der Waals surface area contributed by atoms with Crippen molar-refractivity contribution in [3.05, 3.63) is 52.8 Å². The number of carbonyl (C=O) groups is 1. The van der Waals surface area contributed by atoms with Gasteiger partial charge < -0.3 is 10.6 Å². The van der Waals surface area contributed by atoms with Crippen LogP contribution in [0.4, 0.5) is 13.2 Å². The van der Waals surface area contributed by atoms with E-state index in [1.807, 2.05) is 0 Å². The molecule has 0 fully saturated rings. The summed E-state index contributed by atoms with van der Waals surface area (Å²) in [5, 5.41) is 11.3. The summed E-state index contributed by atoms with van der Waals surface area (Å²) in [6, 6.07) is 7.64.